The highest BCUT2D eigenvalue weighted by molar-refractivity contribution is 7.89. The summed E-state index contributed by atoms with van der Waals surface area (Å²) in [5, 5.41) is 8.79. The Morgan fingerprint density at radius 1 is 1.24 bits per heavy atom. The van der Waals surface area contributed by atoms with Gasteiger partial charge < -0.3 is 5.11 Å². The van der Waals surface area contributed by atoms with Gasteiger partial charge in [-0.2, -0.15) is 4.31 Å². The van der Waals surface area contributed by atoms with Crippen LogP contribution < -0.4 is 0 Å². The predicted molar refractivity (Wildman–Crippen MR) is 79.7 cm³/mol. The van der Waals surface area contributed by atoms with Crippen LogP contribution in [0.5, 0.6) is 0 Å². The van der Waals surface area contributed by atoms with Gasteiger partial charge in [0.1, 0.15) is 0 Å². The Balaban J connectivity index is 2.11. The Labute approximate surface area is 125 Å². The quantitative estimate of drug-likeness (QED) is 0.925. The monoisotopic (exact) mass is 311 g/mol. The zero-order valence-electron chi connectivity index (χ0n) is 12.4. The zero-order chi connectivity index (χ0) is 15.6. The second kappa shape index (κ2) is 6.15. The van der Waals surface area contributed by atoms with Crippen molar-refractivity contribution < 1.29 is 18.3 Å². The van der Waals surface area contributed by atoms with Crippen molar-refractivity contribution in [1.82, 2.24) is 4.31 Å². The molecule has 5 nitrogen and oxygen atoms in total. The molecule has 1 saturated heterocycles. The first-order valence-electron chi connectivity index (χ1n) is 7.10. The summed E-state index contributed by atoms with van der Waals surface area (Å²) in [6.45, 7) is 4.64. The largest absolute Gasteiger partial charge is 0.481 e. The summed E-state index contributed by atoms with van der Waals surface area (Å²) in [5.74, 6) is -0.737. The molecule has 0 atom stereocenters. The molecule has 0 aliphatic carbocycles. The van der Waals surface area contributed by atoms with Crippen LogP contribution in [0.4, 0.5) is 0 Å². The standard InChI is InChI=1S/C15H21NO4S/c1-11-3-4-14(9-12(11)2)21(19,20)16-7-5-13(6-8-16)10-15(17)18/h3-4,9,13H,5-8,10H2,1-2H3,(H,17,18). The van der Waals surface area contributed by atoms with E-state index in [1.807, 2.05) is 19.9 Å². The van der Waals surface area contributed by atoms with E-state index in [0.29, 0.717) is 30.8 Å². The Bertz CT molecular complexity index is 631. The number of benzene rings is 1. The number of carboxylic acid groups (broad SMARTS) is 1. The van der Waals surface area contributed by atoms with E-state index in [1.54, 1.807) is 12.1 Å². The summed E-state index contributed by atoms with van der Waals surface area (Å²) in [6, 6.07) is 5.16. The highest BCUT2D eigenvalue weighted by Crippen LogP contribution is 2.26. The maximum Gasteiger partial charge on any atom is 0.303 e. The molecule has 1 aromatic rings. The van der Waals surface area contributed by atoms with Crippen LogP contribution in [0.25, 0.3) is 0 Å². The minimum atomic E-state index is -3.47. The predicted octanol–water partition coefficient (Wildman–Crippen LogP) is 2.18. The Morgan fingerprint density at radius 2 is 1.86 bits per heavy atom. The van der Waals surface area contributed by atoms with Crippen molar-refractivity contribution >= 4 is 16.0 Å². The SMILES string of the molecule is Cc1ccc(S(=O)(=O)N2CCC(CC(=O)O)CC2)cc1C. The molecule has 1 fully saturated rings. The third-order valence-electron chi connectivity index (χ3n) is 4.15. The van der Waals surface area contributed by atoms with Gasteiger partial charge in [0, 0.05) is 19.5 Å². The lowest BCUT2D eigenvalue weighted by Crippen LogP contribution is -2.38. The molecule has 116 valence electrons. The first kappa shape index (κ1) is 16.0. The van der Waals surface area contributed by atoms with Crippen LogP contribution in [0, 0.1) is 19.8 Å². The minimum Gasteiger partial charge on any atom is -0.481 e. The van der Waals surface area contributed by atoms with Gasteiger partial charge in [-0.25, -0.2) is 8.42 Å². The number of piperidine rings is 1. The Kier molecular flexibility index (Phi) is 4.68. The van der Waals surface area contributed by atoms with Gasteiger partial charge in [-0.3, -0.25) is 4.79 Å². The molecule has 1 aliphatic heterocycles. The molecule has 21 heavy (non-hydrogen) atoms. The van der Waals surface area contributed by atoms with E-state index < -0.39 is 16.0 Å². The highest BCUT2D eigenvalue weighted by Gasteiger charge is 2.30. The maximum atomic E-state index is 12.6. The third-order valence-corrected chi connectivity index (χ3v) is 6.05. The molecule has 0 saturated carbocycles. The van der Waals surface area contributed by atoms with Gasteiger partial charge >= 0.3 is 5.97 Å². The number of aryl methyl sites for hydroxylation is 2. The Morgan fingerprint density at radius 3 is 2.38 bits per heavy atom. The van der Waals surface area contributed by atoms with Gasteiger partial charge in [-0.15, -0.1) is 0 Å². The summed E-state index contributed by atoms with van der Waals surface area (Å²) in [5.41, 5.74) is 2.02. The van der Waals surface area contributed by atoms with Crippen molar-refractivity contribution in [3.63, 3.8) is 0 Å². The molecule has 1 aliphatic rings. The van der Waals surface area contributed by atoms with E-state index >= 15 is 0 Å². The number of aliphatic carboxylic acids is 1. The van der Waals surface area contributed by atoms with Crippen LogP contribution >= 0.6 is 0 Å². The van der Waals surface area contributed by atoms with Crippen LogP contribution in [0.2, 0.25) is 0 Å². The fourth-order valence-electron chi connectivity index (χ4n) is 2.62. The molecule has 0 aromatic heterocycles. The number of nitrogens with zero attached hydrogens (tertiary/aromatic N) is 1. The van der Waals surface area contributed by atoms with Gasteiger partial charge in [0.2, 0.25) is 10.0 Å². The molecule has 2 rings (SSSR count). The van der Waals surface area contributed by atoms with Gasteiger partial charge in [-0.05, 0) is 55.9 Å². The lowest BCUT2D eigenvalue weighted by molar-refractivity contribution is -0.138. The number of rotatable bonds is 4. The summed E-state index contributed by atoms with van der Waals surface area (Å²) >= 11 is 0. The topological polar surface area (TPSA) is 74.7 Å². The van der Waals surface area contributed by atoms with Gasteiger partial charge in [0.15, 0.2) is 0 Å². The van der Waals surface area contributed by atoms with E-state index in [9.17, 15) is 13.2 Å². The van der Waals surface area contributed by atoms with Crippen LogP contribution in [-0.2, 0) is 14.8 Å². The minimum absolute atomic E-state index is 0.0775. The van der Waals surface area contributed by atoms with Crippen LogP contribution in [0.15, 0.2) is 23.1 Å². The summed E-state index contributed by atoms with van der Waals surface area (Å²) in [6.07, 6.45) is 1.34. The van der Waals surface area contributed by atoms with Crippen molar-refractivity contribution in [3.05, 3.63) is 29.3 Å². The average Bonchev–Trinajstić information content (AvgIpc) is 2.41. The van der Waals surface area contributed by atoms with Crippen molar-refractivity contribution in [3.8, 4) is 0 Å². The molecule has 1 N–H and O–H groups in total. The summed E-state index contributed by atoms with van der Waals surface area (Å²) < 4.78 is 26.6. The number of carboxylic acids is 1. The first-order chi connectivity index (χ1) is 9.80. The van der Waals surface area contributed by atoms with Crippen molar-refractivity contribution in [2.45, 2.75) is 38.0 Å². The zero-order valence-corrected chi connectivity index (χ0v) is 13.2. The van der Waals surface area contributed by atoms with Crippen molar-refractivity contribution in [1.29, 1.82) is 0 Å². The molecule has 0 radical (unpaired) electrons. The molecule has 0 unspecified atom stereocenters. The first-order valence-corrected chi connectivity index (χ1v) is 8.54. The fourth-order valence-corrected chi connectivity index (χ4v) is 4.18. The second-order valence-electron chi connectivity index (χ2n) is 5.69. The van der Waals surface area contributed by atoms with Crippen molar-refractivity contribution in [2.75, 3.05) is 13.1 Å². The molecule has 0 bridgehead atoms. The number of hydrogen-bond donors (Lipinski definition) is 1. The van der Waals surface area contributed by atoms with Crippen LogP contribution in [0.3, 0.4) is 0 Å². The highest BCUT2D eigenvalue weighted by atomic mass is 32.2. The van der Waals surface area contributed by atoms with E-state index in [0.717, 1.165) is 11.1 Å². The van der Waals surface area contributed by atoms with Crippen molar-refractivity contribution in [2.24, 2.45) is 5.92 Å². The van der Waals surface area contributed by atoms with E-state index in [2.05, 4.69) is 0 Å². The third kappa shape index (κ3) is 3.63. The summed E-state index contributed by atoms with van der Waals surface area (Å²) in [7, 11) is -3.47. The molecular formula is C15H21NO4S. The fraction of sp³-hybridized carbons (Fsp3) is 0.533. The number of sulfonamides is 1. The summed E-state index contributed by atoms with van der Waals surface area (Å²) in [4.78, 5) is 11.0. The van der Waals surface area contributed by atoms with E-state index in [-0.39, 0.29) is 12.3 Å². The number of carbonyl (C=O) groups is 1. The molecule has 0 amide bonds. The van der Waals surface area contributed by atoms with Gasteiger partial charge in [0.25, 0.3) is 0 Å². The van der Waals surface area contributed by atoms with Crippen LogP contribution in [-0.4, -0.2) is 36.9 Å². The van der Waals surface area contributed by atoms with E-state index in [1.165, 1.54) is 4.31 Å². The molecule has 1 heterocycles. The van der Waals surface area contributed by atoms with E-state index in [4.69, 9.17) is 5.11 Å². The molecule has 6 heteroatoms. The maximum absolute atomic E-state index is 12.6. The average molecular weight is 311 g/mol. The molecular weight excluding hydrogens is 290 g/mol. The lowest BCUT2D eigenvalue weighted by Gasteiger charge is -2.30. The second-order valence-corrected chi connectivity index (χ2v) is 7.63. The lowest BCUT2D eigenvalue weighted by atomic mass is 9.95. The van der Waals surface area contributed by atoms with Gasteiger partial charge in [-0.1, -0.05) is 6.07 Å². The smallest absolute Gasteiger partial charge is 0.303 e. The molecule has 0 spiro atoms. The molecule has 1 aromatic carbocycles. The Hall–Kier alpha value is -1.40. The normalized spacial score (nSPS) is 17.8. The van der Waals surface area contributed by atoms with Gasteiger partial charge in [0.05, 0.1) is 4.90 Å². The van der Waals surface area contributed by atoms with Crippen LogP contribution in [0.1, 0.15) is 30.4 Å². The number of hydrogen-bond acceptors (Lipinski definition) is 3.